The smallest absolute Gasteiger partial charge is 0.306 e. The van der Waals surface area contributed by atoms with Gasteiger partial charge in [0.1, 0.15) is 13.2 Å². The molecule has 0 heterocycles. The number of rotatable bonds is 51. The number of carbonyl (C=O) groups is 3. The summed E-state index contributed by atoms with van der Waals surface area (Å²) >= 11 is 0. The molecule has 0 aromatic heterocycles. The molecule has 0 saturated heterocycles. The molecule has 6 nitrogen and oxygen atoms in total. The number of hydrogen-bond acceptors (Lipinski definition) is 6. The van der Waals surface area contributed by atoms with Crippen molar-refractivity contribution in [3.63, 3.8) is 0 Å². The van der Waals surface area contributed by atoms with Gasteiger partial charge in [-0.05, 0) is 141 Å². The van der Waals surface area contributed by atoms with Gasteiger partial charge in [-0.25, -0.2) is 0 Å². The van der Waals surface area contributed by atoms with Gasteiger partial charge in [-0.1, -0.05) is 236 Å². The third kappa shape index (κ3) is 59.5. The average Bonchev–Trinajstić information content (AvgIpc) is 3.41. The van der Waals surface area contributed by atoms with E-state index in [1.807, 2.05) is 12.2 Å². The molecule has 0 aliphatic heterocycles. The van der Waals surface area contributed by atoms with E-state index >= 15 is 0 Å². The van der Waals surface area contributed by atoms with Crippen LogP contribution in [-0.2, 0) is 28.6 Å². The summed E-state index contributed by atoms with van der Waals surface area (Å²) in [5, 5.41) is 0. The van der Waals surface area contributed by atoms with Gasteiger partial charge in [0.2, 0.25) is 0 Å². The molecule has 0 bridgehead atoms. The van der Waals surface area contributed by atoms with Crippen molar-refractivity contribution < 1.29 is 28.6 Å². The molecule has 0 radical (unpaired) electrons. The molecule has 418 valence electrons. The predicted octanol–water partition coefficient (Wildman–Crippen LogP) is 20.3. The summed E-state index contributed by atoms with van der Waals surface area (Å²) in [4.78, 5) is 38.2. The molecule has 0 saturated carbocycles. The van der Waals surface area contributed by atoms with Gasteiger partial charge in [-0.15, -0.1) is 0 Å². The number of ether oxygens (including phenoxy) is 3. The predicted molar refractivity (Wildman–Crippen MR) is 325 cm³/mol. The van der Waals surface area contributed by atoms with E-state index in [9.17, 15) is 14.4 Å². The van der Waals surface area contributed by atoms with Gasteiger partial charge in [0.15, 0.2) is 6.10 Å². The third-order valence-electron chi connectivity index (χ3n) is 11.7. The van der Waals surface area contributed by atoms with E-state index in [1.165, 1.54) is 38.5 Å². The highest BCUT2D eigenvalue weighted by molar-refractivity contribution is 5.71. The number of esters is 3. The van der Waals surface area contributed by atoms with Crippen molar-refractivity contribution in [1.82, 2.24) is 0 Å². The molecule has 1 atom stereocenters. The van der Waals surface area contributed by atoms with E-state index in [0.29, 0.717) is 12.8 Å². The van der Waals surface area contributed by atoms with E-state index in [2.05, 4.69) is 179 Å². The highest BCUT2D eigenvalue weighted by atomic mass is 16.6. The molecule has 0 aliphatic rings. The number of unbranched alkanes of at least 4 members (excludes halogenated alkanes) is 12. The second kappa shape index (κ2) is 61.3. The first-order valence-corrected chi connectivity index (χ1v) is 29.6. The van der Waals surface area contributed by atoms with Gasteiger partial charge < -0.3 is 14.2 Å². The molecule has 0 rings (SSSR count). The van der Waals surface area contributed by atoms with Crippen LogP contribution in [0.25, 0.3) is 0 Å². The van der Waals surface area contributed by atoms with Crippen LogP contribution in [0.2, 0.25) is 0 Å². The second-order valence-electron chi connectivity index (χ2n) is 18.8. The lowest BCUT2D eigenvalue weighted by atomic mass is 10.1. The zero-order valence-electron chi connectivity index (χ0n) is 47.7. The lowest BCUT2D eigenvalue weighted by Gasteiger charge is -2.18. The van der Waals surface area contributed by atoms with Gasteiger partial charge in [0, 0.05) is 19.3 Å². The molecule has 0 spiro atoms. The molecule has 0 fully saturated rings. The van der Waals surface area contributed by atoms with Crippen LogP contribution in [0.5, 0.6) is 0 Å². The minimum atomic E-state index is -0.838. The Labute approximate surface area is 460 Å². The van der Waals surface area contributed by atoms with Crippen LogP contribution >= 0.6 is 0 Å². The van der Waals surface area contributed by atoms with Crippen LogP contribution in [0, 0.1) is 0 Å². The van der Waals surface area contributed by atoms with Crippen LogP contribution in [0.3, 0.4) is 0 Å². The molecule has 6 heteroatoms. The van der Waals surface area contributed by atoms with Crippen molar-refractivity contribution >= 4 is 17.9 Å². The summed E-state index contributed by atoms with van der Waals surface area (Å²) in [6.07, 6.45) is 90.7. The molecule has 1 unspecified atom stereocenters. The van der Waals surface area contributed by atoms with Crippen molar-refractivity contribution in [2.45, 2.75) is 232 Å². The first-order valence-electron chi connectivity index (χ1n) is 29.6. The second-order valence-corrected chi connectivity index (χ2v) is 18.8. The van der Waals surface area contributed by atoms with Gasteiger partial charge in [0.25, 0.3) is 0 Å². The van der Waals surface area contributed by atoms with E-state index in [4.69, 9.17) is 14.2 Å². The first kappa shape index (κ1) is 69.8. The Bertz CT molecular complexity index is 1750. The van der Waals surface area contributed by atoms with Crippen LogP contribution in [-0.4, -0.2) is 37.2 Å². The first-order chi connectivity index (χ1) is 37.0. The Hall–Kier alpha value is -5.23. The average molecular weight is 1030 g/mol. The highest BCUT2D eigenvalue weighted by Gasteiger charge is 2.19. The fourth-order valence-electron chi connectivity index (χ4n) is 7.32. The lowest BCUT2D eigenvalue weighted by Crippen LogP contribution is -2.30. The molecule has 75 heavy (non-hydrogen) atoms. The van der Waals surface area contributed by atoms with Crippen molar-refractivity contribution in [2.24, 2.45) is 0 Å². The molecule has 0 aromatic rings. The minimum Gasteiger partial charge on any atom is -0.462 e. The van der Waals surface area contributed by atoms with E-state index in [0.717, 1.165) is 141 Å². The van der Waals surface area contributed by atoms with E-state index in [1.54, 1.807) is 0 Å². The monoisotopic (exact) mass is 1030 g/mol. The largest absolute Gasteiger partial charge is 0.462 e. The minimum absolute atomic E-state index is 0.132. The molecule has 0 aliphatic carbocycles. The molecule has 0 amide bonds. The molecular weight excluding hydrogens is 925 g/mol. The zero-order valence-corrected chi connectivity index (χ0v) is 47.7. The summed E-state index contributed by atoms with van der Waals surface area (Å²) in [6.45, 7) is 6.26. The van der Waals surface area contributed by atoms with Crippen LogP contribution in [0.4, 0.5) is 0 Å². The van der Waals surface area contributed by atoms with Gasteiger partial charge in [-0.2, -0.15) is 0 Å². The number of carbonyl (C=O) groups excluding carboxylic acids is 3. The summed E-state index contributed by atoms with van der Waals surface area (Å²) in [5.74, 6) is -1.07. The van der Waals surface area contributed by atoms with Crippen molar-refractivity contribution in [3.05, 3.63) is 170 Å². The Morgan fingerprint density at radius 2 is 0.547 bits per heavy atom. The van der Waals surface area contributed by atoms with Gasteiger partial charge >= 0.3 is 17.9 Å². The SMILES string of the molecule is CC/C=C\C/C=C\C/C=C\C/C=C\C/C=C\C/C=C\C/C=C\CCCCCC(=O)OCC(COC(=O)CC/C=C\C/C=C\C/C=C\C/C=C\CC)OC(=O)CCCCCCCC/C=C\C/C=C\C/C=C\CCCCC. The Morgan fingerprint density at radius 3 is 0.907 bits per heavy atom. The summed E-state index contributed by atoms with van der Waals surface area (Å²) in [7, 11) is 0. The van der Waals surface area contributed by atoms with Crippen molar-refractivity contribution in [1.29, 1.82) is 0 Å². The number of allylic oxidation sites excluding steroid dienone is 28. The third-order valence-corrected chi connectivity index (χ3v) is 11.7. The fraction of sp³-hybridized carbons (Fsp3) is 0.551. The normalized spacial score (nSPS) is 13.4. The maximum atomic E-state index is 12.9. The van der Waals surface area contributed by atoms with Crippen molar-refractivity contribution in [3.8, 4) is 0 Å². The zero-order chi connectivity index (χ0) is 54.3. The summed E-state index contributed by atoms with van der Waals surface area (Å²) < 4.78 is 16.8. The lowest BCUT2D eigenvalue weighted by molar-refractivity contribution is -0.166. The van der Waals surface area contributed by atoms with E-state index < -0.39 is 6.10 Å². The Balaban J connectivity index is 4.54. The fourth-order valence-corrected chi connectivity index (χ4v) is 7.32. The topological polar surface area (TPSA) is 78.9 Å². The maximum absolute atomic E-state index is 12.9. The summed E-state index contributed by atoms with van der Waals surface area (Å²) in [6, 6.07) is 0. The van der Waals surface area contributed by atoms with Crippen LogP contribution in [0.1, 0.15) is 226 Å². The standard InChI is InChI=1S/C69H106O6/c1-4-7-10-13-16-19-22-25-27-29-31-32-33-34-35-36-38-39-41-44-47-50-53-56-59-62-68(71)74-65-66(64-73-67(70)61-58-55-52-49-46-43-24-21-18-15-12-9-6-3)75-69(72)63-60-57-54-51-48-45-42-40-37-30-28-26-23-20-17-14-11-8-5-2/h7,9-10,12,16-21,25-28,31-32,34-35,37-40,43-44,46-47,52,55,66H,4-6,8,11,13-15,22-24,29-30,33,36,41-42,45,48-51,53-54,56-65H2,1-3H3/b10-7-,12-9-,19-16-,20-17-,21-18-,27-25-,28-26-,32-31-,35-34-,39-38-,40-37-,46-43-,47-44-,55-52-. The molecule has 0 aromatic carbocycles. The van der Waals surface area contributed by atoms with E-state index in [-0.39, 0.29) is 44.0 Å². The van der Waals surface area contributed by atoms with Crippen molar-refractivity contribution in [2.75, 3.05) is 13.2 Å². The summed E-state index contributed by atoms with van der Waals surface area (Å²) in [5.41, 5.74) is 0. The molecular formula is C69H106O6. The highest BCUT2D eigenvalue weighted by Crippen LogP contribution is 2.12. The van der Waals surface area contributed by atoms with Crippen LogP contribution in [0.15, 0.2) is 170 Å². The Kier molecular flexibility index (Phi) is 57.0. The number of hydrogen-bond donors (Lipinski definition) is 0. The Morgan fingerprint density at radius 1 is 0.280 bits per heavy atom. The van der Waals surface area contributed by atoms with Crippen LogP contribution < -0.4 is 0 Å². The molecule has 0 N–H and O–H groups in total. The van der Waals surface area contributed by atoms with Gasteiger partial charge in [0.05, 0.1) is 0 Å². The van der Waals surface area contributed by atoms with Gasteiger partial charge in [-0.3, -0.25) is 14.4 Å². The maximum Gasteiger partial charge on any atom is 0.306 e. The quantitative estimate of drug-likeness (QED) is 0.0261.